The van der Waals surface area contributed by atoms with E-state index in [4.69, 9.17) is 5.73 Å². The summed E-state index contributed by atoms with van der Waals surface area (Å²) >= 11 is 0. The van der Waals surface area contributed by atoms with Crippen LogP contribution in [0.3, 0.4) is 0 Å². The van der Waals surface area contributed by atoms with E-state index in [0.717, 1.165) is 17.1 Å². The topological polar surface area (TPSA) is 38.4 Å². The summed E-state index contributed by atoms with van der Waals surface area (Å²) in [6.45, 7) is 6.27. The number of hydrogen-bond acceptors (Lipinski definition) is 2. The number of nitrogens with zero attached hydrogens (tertiary/aromatic N) is 1. The molecule has 0 saturated carbocycles. The molecule has 0 heterocycles. The number of aliphatic imine (C=N–C) groups is 1. The normalized spacial score (nSPS) is 12.2. The van der Waals surface area contributed by atoms with Gasteiger partial charge in [-0.1, -0.05) is 26.0 Å². The minimum atomic E-state index is 0.472. The molecule has 1 aromatic carbocycles. The lowest BCUT2D eigenvalue weighted by molar-refractivity contribution is 0.879. The minimum absolute atomic E-state index is 0.472. The average Bonchev–Trinajstić information content (AvgIpc) is 2.08. The first-order valence-electron chi connectivity index (χ1n) is 4.51. The molecule has 0 aliphatic heterocycles. The summed E-state index contributed by atoms with van der Waals surface area (Å²) in [6, 6.07) is 7.66. The number of para-hydroxylation sites is 2. The Morgan fingerprint density at radius 3 is 2.46 bits per heavy atom. The molecule has 0 atom stereocenters. The molecule has 0 aliphatic rings. The second-order valence-electron chi connectivity index (χ2n) is 3.47. The van der Waals surface area contributed by atoms with E-state index in [1.807, 2.05) is 31.2 Å². The highest BCUT2D eigenvalue weighted by atomic mass is 14.8. The number of rotatable bonds is 2. The summed E-state index contributed by atoms with van der Waals surface area (Å²) < 4.78 is 0. The van der Waals surface area contributed by atoms with Crippen molar-refractivity contribution in [3.63, 3.8) is 0 Å². The van der Waals surface area contributed by atoms with E-state index in [1.54, 1.807) is 0 Å². The molecule has 2 heteroatoms. The zero-order valence-electron chi connectivity index (χ0n) is 8.41. The monoisotopic (exact) mass is 176 g/mol. The summed E-state index contributed by atoms with van der Waals surface area (Å²) in [7, 11) is 0. The van der Waals surface area contributed by atoms with Crippen LogP contribution in [-0.2, 0) is 0 Å². The maximum atomic E-state index is 5.76. The molecule has 0 bridgehead atoms. The van der Waals surface area contributed by atoms with Gasteiger partial charge < -0.3 is 5.73 Å². The van der Waals surface area contributed by atoms with E-state index in [2.05, 4.69) is 18.8 Å². The SMILES string of the molecule is CC(=Nc1ccccc1N)C(C)C. The molecule has 2 nitrogen and oxygen atoms in total. The van der Waals surface area contributed by atoms with E-state index in [1.165, 1.54) is 0 Å². The average molecular weight is 176 g/mol. The molecular formula is C11H16N2. The first kappa shape index (κ1) is 9.78. The van der Waals surface area contributed by atoms with E-state index in [-0.39, 0.29) is 0 Å². The van der Waals surface area contributed by atoms with E-state index < -0.39 is 0 Å². The van der Waals surface area contributed by atoms with Crippen LogP contribution in [-0.4, -0.2) is 5.71 Å². The van der Waals surface area contributed by atoms with Gasteiger partial charge in [0.25, 0.3) is 0 Å². The van der Waals surface area contributed by atoms with Crippen LogP contribution in [0.1, 0.15) is 20.8 Å². The van der Waals surface area contributed by atoms with Gasteiger partial charge in [0.15, 0.2) is 0 Å². The summed E-state index contributed by atoms with van der Waals surface area (Å²) in [4.78, 5) is 4.45. The van der Waals surface area contributed by atoms with Crippen LogP contribution in [0.4, 0.5) is 11.4 Å². The third-order valence-corrected chi connectivity index (χ3v) is 2.07. The summed E-state index contributed by atoms with van der Waals surface area (Å²) in [6.07, 6.45) is 0. The number of nitrogens with two attached hydrogens (primary N) is 1. The zero-order chi connectivity index (χ0) is 9.84. The minimum Gasteiger partial charge on any atom is -0.397 e. The van der Waals surface area contributed by atoms with Crippen molar-refractivity contribution >= 4 is 17.1 Å². The standard InChI is InChI=1S/C11H16N2/c1-8(2)9(3)13-11-7-5-4-6-10(11)12/h4-8H,12H2,1-3H3. The van der Waals surface area contributed by atoms with Crippen molar-refractivity contribution in [2.75, 3.05) is 5.73 Å². The van der Waals surface area contributed by atoms with Crippen LogP contribution in [0.15, 0.2) is 29.3 Å². The van der Waals surface area contributed by atoms with Crippen molar-refractivity contribution in [1.82, 2.24) is 0 Å². The predicted octanol–water partition coefficient (Wildman–Crippen LogP) is 3.02. The smallest absolute Gasteiger partial charge is 0.0858 e. The lowest BCUT2D eigenvalue weighted by atomic mass is 10.1. The fourth-order valence-corrected chi connectivity index (χ4v) is 0.908. The second-order valence-corrected chi connectivity index (χ2v) is 3.47. The fraction of sp³-hybridized carbons (Fsp3) is 0.364. The Morgan fingerprint density at radius 1 is 1.31 bits per heavy atom. The highest BCUT2D eigenvalue weighted by Crippen LogP contribution is 2.21. The van der Waals surface area contributed by atoms with E-state index in [9.17, 15) is 0 Å². The van der Waals surface area contributed by atoms with Crippen LogP contribution >= 0.6 is 0 Å². The van der Waals surface area contributed by atoms with Gasteiger partial charge in [-0.15, -0.1) is 0 Å². The van der Waals surface area contributed by atoms with Gasteiger partial charge in [0.1, 0.15) is 0 Å². The maximum absolute atomic E-state index is 5.76. The number of anilines is 1. The van der Waals surface area contributed by atoms with Crippen LogP contribution in [0.25, 0.3) is 0 Å². The molecule has 0 fully saturated rings. The van der Waals surface area contributed by atoms with Crippen LogP contribution in [0.5, 0.6) is 0 Å². The highest BCUT2D eigenvalue weighted by Gasteiger charge is 1.99. The maximum Gasteiger partial charge on any atom is 0.0858 e. The van der Waals surface area contributed by atoms with E-state index in [0.29, 0.717) is 5.92 Å². The van der Waals surface area contributed by atoms with Crippen LogP contribution in [0, 0.1) is 5.92 Å². The Hall–Kier alpha value is -1.31. The van der Waals surface area contributed by atoms with Crippen LogP contribution in [0.2, 0.25) is 0 Å². The van der Waals surface area contributed by atoms with Crippen molar-refractivity contribution < 1.29 is 0 Å². The van der Waals surface area contributed by atoms with Crippen molar-refractivity contribution in [3.8, 4) is 0 Å². The number of hydrogen-bond donors (Lipinski definition) is 1. The molecular weight excluding hydrogens is 160 g/mol. The van der Waals surface area contributed by atoms with Gasteiger partial charge in [0, 0.05) is 5.71 Å². The molecule has 0 unspecified atom stereocenters. The zero-order valence-corrected chi connectivity index (χ0v) is 8.41. The van der Waals surface area contributed by atoms with Crippen molar-refractivity contribution in [2.24, 2.45) is 10.9 Å². The lowest BCUT2D eigenvalue weighted by Gasteiger charge is -2.05. The number of nitrogen functional groups attached to an aromatic ring is 1. The Kier molecular flexibility index (Phi) is 3.07. The van der Waals surface area contributed by atoms with Gasteiger partial charge in [0.2, 0.25) is 0 Å². The third-order valence-electron chi connectivity index (χ3n) is 2.07. The van der Waals surface area contributed by atoms with Crippen molar-refractivity contribution in [3.05, 3.63) is 24.3 Å². The van der Waals surface area contributed by atoms with Gasteiger partial charge >= 0.3 is 0 Å². The Bertz CT molecular complexity index is 314. The molecule has 1 aromatic rings. The van der Waals surface area contributed by atoms with Crippen molar-refractivity contribution in [2.45, 2.75) is 20.8 Å². The lowest BCUT2D eigenvalue weighted by Crippen LogP contribution is -2.01. The summed E-state index contributed by atoms with van der Waals surface area (Å²) in [5, 5.41) is 0. The predicted molar refractivity (Wildman–Crippen MR) is 58.5 cm³/mol. The molecule has 0 aliphatic carbocycles. The summed E-state index contributed by atoms with van der Waals surface area (Å²) in [5.74, 6) is 0.472. The molecule has 0 aromatic heterocycles. The van der Waals surface area contributed by atoms with Crippen LogP contribution < -0.4 is 5.73 Å². The highest BCUT2D eigenvalue weighted by molar-refractivity contribution is 5.87. The molecule has 70 valence electrons. The Labute approximate surface area is 79.5 Å². The number of benzene rings is 1. The molecule has 1 rings (SSSR count). The molecule has 0 amide bonds. The third kappa shape index (κ3) is 2.58. The van der Waals surface area contributed by atoms with Gasteiger partial charge in [-0.05, 0) is 25.0 Å². The molecule has 0 saturated heterocycles. The quantitative estimate of drug-likeness (QED) is 0.546. The Balaban J connectivity index is 2.97. The van der Waals surface area contributed by atoms with Gasteiger partial charge in [-0.3, -0.25) is 4.99 Å². The first-order chi connectivity index (χ1) is 6.11. The largest absolute Gasteiger partial charge is 0.397 e. The van der Waals surface area contributed by atoms with E-state index >= 15 is 0 Å². The van der Waals surface area contributed by atoms with Gasteiger partial charge in [-0.25, -0.2) is 0 Å². The Morgan fingerprint density at radius 2 is 1.92 bits per heavy atom. The van der Waals surface area contributed by atoms with Crippen molar-refractivity contribution in [1.29, 1.82) is 0 Å². The van der Waals surface area contributed by atoms with Gasteiger partial charge in [-0.2, -0.15) is 0 Å². The van der Waals surface area contributed by atoms with Gasteiger partial charge in [0.05, 0.1) is 11.4 Å². The fourth-order valence-electron chi connectivity index (χ4n) is 0.908. The molecule has 0 radical (unpaired) electrons. The molecule has 13 heavy (non-hydrogen) atoms. The molecule has 0 spiro atoms. The molecule has 2 N–H and O–H groups in total. The first-order valence-corrected chi connectivity index (χ1v) is 4.51. The second kappa shape index (κ2) is 4.08. The summed E-state index contributed by atoms with van der Waals surface area (Å²) in [5.41, 5.74) is 8.48.